The lowest BCUT2D eigenvalue weighted by Gasteiger charge is -2.16. The van der Waals surface area contributed by atoms with Crippen LogP contribution in [0.3, 0.4) is 0 Å². The summed E-state index contributed by atoms with van der Waals surface area (Å²) < 4.78 is 0. The van der Waals surface area contributed by atoms with Crippen molar-refractivity contribution in [1.29, 1.82) is 0 Å². The van der Waals surface area contributed by atoms with Crippen molar-refractivity contribution in [2.24, 2.45) is 11.3 Å². The van der Waals surface area contributed by atoms with Gasteiger partial charge in [-0.05, 0) is 0 Å². The molecule has 3 N–H and O–H groups in total. The first-order chi connectivity index (χ1) is 7.38. The summed E-state index contributed by atoms with van der Waals surface area (Å²) in [5, 5.41) is 0. The molecule has 0 atom stereocenters. The summed E-state index contributed by atoms with van der Waals surface area (Å²) >= 11 is 0. The quantitative estimate of drug-likeness (QED) is 0.367. The number of amides is 2. The van der Waals surface area contributed by atoms with E-state index < -0.39 is 11.4 Å². The minimum atomic E-state index is -0.674. The zero-order chi connectivity index (χ0) is 12.3. The number of carbonyl (C=O) groups excluding carboxylic acids is 3. The molecule has 0 bridgehead atoms. The predicted octanol–water partition coefficient (Wildman–Crippen LogP) is -0.917. The molecule has 7 heteroatoms. The molecule has 1 aliphatic heterocycles. The molecule has 0 unspecified atom stereocenters. The van der Waals surface area contributed by atoms with Gasteiger partial charge in [0, 0.05) is 13.0 Å². The molecule has 7 nitrogen and oxygen atoms in total. The number of rotatable bonds is 4. The molecule has 1 fully saturated rings. The van der Waals surface area contributed by atoms with Gasteiger partial charge in [-0.2, -0.15) is 0 Å². The van der Waals surface area contributed by atoms with Crippen LogP contribution in [0.2, 0.25) is 0 Å². The monoisotopic (exact) mass is 229 g/mol. The Morgan fingerprint density at radius 1 is 1.56 bits per heavy atom. The van der Waals surface area contributed by atoms with E-state index in [-0.39, 0.29) is 31.2 Å². The van der Waals surface area contributed by atoms with Crippen molar-refractivity contribution < 1.29 is 19.2 Å². The highest BCUT2D eigenvalue weighted by Gasteiger charge is 2.44. The Kier molecular flexibility index (Phi) is 3.61. The van der Waals surface area contributed by atoms with Crippen LogP contribution in [0.4, 0.5) is 0 Å². The summed E-state index contributed by atoms with van der Waals surface area (Å²) in [5.74, 6) is 3.63. The molecule has 90 valence electrons. The maximum Gasteiger partial charge on any atom is 0.328 e. The first kappa shape index (κ1) is 12.6. The smallest absolute Gasteiger partial charge is 0.328 e. The summed E-state index contributed by atoms with van der Waals surface area (Å²) in [6, 6.07) is 0. The van der Waals surface area contributed by atoms with Crippen molar-refractivity contribution in [3.05, 3.63) is 0 Å². The lowest BCUT2D eigenvalue weighted by Crippen LogP contribution is -2.36. The molecular weight excluding hydrogens is 214 g/mol. The van der Waals surface area contributed by atoms with Gasteiger partial charge in [0.2, 0.25) is 11.8 Å². The van der Waals surface area contributed by atoms with Gasteiger partial charge in [0.1, 0.15) is 0 Å². The number of hydrogen-bond donors (Lipinski definition) is 2. The number of carbonyl (C=O) groups is 3. The van der Waals surface area contributed by atoms with Crippen LogP contribution in [0.1, 0.15) is 26.7 Å². The van der Waals surface area contributed by atoms with Gasteiger partial charge >= 0.3 is 5.97 Å². The van der Waals surface area contributed by atoms with Crippen LogP contribution in [-0.4, -0.2) is 29.2 Å². The number of nitrogens with zero attached hydrogens (tertiary/aromatic N) is 1. The molecule has 0 aromatic heterocycles. The Balaban J connectivity index is 2.52. The van der Waals surface area contributed by atoms with E-state index in [4.69, 9.17) is 5.84 Å². The average molecular weight is 229 g/mol. The van der Waals surface area contributed by atoms with Gasteiger partial charge in [-0.3, -0.25) is 19.3 Å². The maximum absolute atomic E-state index is 11.7. The molecule has 1 heterocycles. The molecular formula is C9H15N3O4. The molecule has 16 heavy (non-hydrogen) atoms. The third kappa shape index (κ3) is 2.56. The second-order valence-electron chi connectivity index (χ2n) is 4.25. The molecule has 0 spiro atoms. The Morgan fingerprint density at radius 3 is 2.62 bits per heavy atom. The van der Waals surface area contributed by atoms with Crippen molar-refractivity contribution in [3.63, 3.8) is 0 Å². The minimum Gasteiger partial charge on any atom is -0.356 e. The molecule has 2 amide bonds. The zero-order valence-electron chi connectivity index (χ0n) is 9.28. The number of nitrogens with two attached hydrogens (primary N) is 1. The van der Waals surface area contributed by atoms with Crippen LogP contribution in [0.25, 0.3) is 0 Å². The fourth-order valence-corrected chi connectivity index (χ4v) is 1.57. The molecule has 1 rings (SSSR count). The summed E-state index contributed by atoms with van der Waals surface area (Å²) in [6.07, 6.45) is 0.105. The predicted molar refractivity (Wildman–Crippen MR) is 53.2 cm³/mol. The first-order valence-electron chi connectivity index (χ1n) is 4.88. The average Bonchev–Trinajstić information content (AvgIpc) is 2.35. The van der Waals surface area contributed by atoms with Crippen molar-refractivity contribution in [3.8, 4) is 0 Å². The van der Waals surface area contributed by atoms with Gasteiger partial charge in [0.05, 0.1) is 11.8 Å². The van der Waals surface area contributed by atoms with Crippen LogP contribution in [-0.2, 0) is 19.2 Å². The number of imide groups is 1. The van der Waals surface area contributed by atoms with Gasteiger partial charge in [0.15, 0.2) is 0 Å². The van der Waals surface area contributed by atoms with E-state index in [1.807, 2.05) is 0 Å². The Morgan fingerprint density at radius 2 is 2.19 bits per heavy atom. The highest BCUT2D eigenvalue weighted by atomic mass is 16.7. The van der Waals surface area contributed by atoms with Crippen LogP contribution < -0.4 is 11.4 Å². The third-order valence-electron chi connectivity index (χ3n) is 2.43. The molecule has 0 radical (unpaired) electrons. The summed E-state index contributed by atoms with van der Waals surface area (Å²) in [5.41, 5.74) is 1.07. The zero-order valence-corrected chi connectivity index (χ0v) is 9.28. The first-order valence-corrected chi connectivity index (χ1v) is 4.88. The molecule has 0 saturated carbocycles. The van der Waals surface area contributed by atoms with E-state index in [1.165, 1.54) is 0 Å². The van der Waals surface area contributed by atoms with E-state index in [2.05, 4.69) is 4.84 Å². The van der Waals surface area contributed by atoms with Crippen LogP contribution in [0, 0.1) is 5.41 Å². The number of likely N-dealkylation sites (tertiary alicyclic amines) is 1. The standard InChI is InChI=1S/C9H15N3O4/c1-9(2)5-6(13)12(8(9)15)4-3-7(14)16-11-10/h11H,3-5,10H2,1-2H3. The summed E-state index contributed by atoms with van der Waals surface area (Å²) in [4.78, 5) is 39.5. The van der Waals surface area contributed by atoms with E-state index in [0.717, 1.165) is 4.90 Å². The Bertz CT molecular complexity index is 327. The van der Waals surface area contributed by atoms with Crippen LogP contribution in [0.5, 0.6) is 0 Å². The second kappa shape index (κ2) is 4.58. The highest BCUT2D eigenvalue weighted by molar-refractivity contribution is 6.05. The molecule has 0 aromatic carbocycles. The third-order valence-corrected chi connectivity index (χ3v) is 2.43. The maximum atomic E-state index is 11.7. The van der Waals surface area contributed by atoms with Crippen LogP contribution in [0.15, 0.2) is 0 Å². The van der Waals surface area contributed by atoms with Gasteiger partial charge in [-0.15, -0.1) is 0 Å². The molecule has 1 aliphatic rings. The fraction of sp³-hybridized carbons (Fsp3) is 0.667. The topological polar surface area (TPSA) is 102 Å². The minimum absolute atomic E-state index is 0.0294. The fourth-order valence-electron chi connectivity index (χ4n) is 1.57. The van der Waals surface area contributed by atoms with E-state index in [0.29, 0.717) is 0 Å². The summed E-state index contributed by atoms with van der Waals surface area (Å²) in [7, 11) is 0. The van der Waals surface area contributed by atoms with E-state index >= 15 is 0 Å². The second-order valence-corrected chi connectivity index (χ2v) is 4.25. The van der Waals surface area contributed by atoms with Crippen LogP contribution >= 0.6 is 0 Å². The number of hydrogen-bond acceptors (Lipinski definition) is 6. The summed E-state index contributed by atoms with van der Waals surface area (Å²) in [6.45, 7) is 3.43. The normalized spacial score (nSPS) is 19.1. The van der Waals surface area contributed by atoms with E-state index in [9.17, 15) is 14.4 Å². The van der Waals surface area contributed by atoms with Gasteiger partial charge in [-0.25, -0.2) is 5.84 Å². The van der Waals surface area contributed by atoms with E-state index in [1.54, 1.807) is 19.4 Å². The van der Waals surface area contributed by atoms with Crippen molar-refractivity contribution in [1.82, 2.24) is 10.5 Å². The Labute approximate surface area is 92.8 Å². The molecule has 0 aliphatic carbocycles. The van der Waals surface area contributed by atoms with Gasteiger partial charge in [-0.1, -0.05) is 19.4 Å². The number of nitrogens with one attached hydrogen (secondary N) is 1. The highest BCUT2D eigenvalue weighted by Crippen LogP contribution is 2.31. The van der Waals surface area contributed by atoms with Crippen molar-refractivity contribution in [2.45, 2.75) is 26.7 Å². The lowest BCUT2D eigenvalue weighted by molar-refractivity contribution is -0.152. The Hall–Kier alpha value is -1.47. The number of hydrazine groups is 1. The van der Waals surface area contributed by atoms with Gasteiger partial charge < -0.3 is 4.84 Å². The SMILES string of the molecule is CC1(C)CC(=O)N(CCC(=O)ONN)C1=O. The van der Waals surface area contributed by atoms with Crippen molar-refractivity contribution >= 4 is 17.8 Å². The largest absolute Gasteiger partial charge is 0.356 e. The van der Waals surface area contributed by atoms with Crippen molar-refractivity contribution in [2.75, 3.05) is 6.54 Å². The molecule has 1 saturated heterocycles. The lowest BCUT2D eigenvalue weighted by atomic mass is 9.92. The van der Waals surface area contributed by atoms with Gasteiger partial charge in [0.25, 0.3) is 0 Å². The molecule has 0 aromatic rings.